The highest BCUT2D eigenvalue weighted by Gasteiger charge is 2.31. The lowest BCUT2D eigenvalue weighted by molar-refractivity contribution is -0.109. The number of halogens is 1. The number of piperidine rings is 1. The Labute approximate surface area is 245 Å². The number of para-hydroxylation sites is 1. The molecule has 0 bridgehead atoms. The molecule has 42 heavy (non-hydrogen) atoms. The number of imidazole rings is 1. The fourth-order valence-electron chi connectivity index (χ4n) is 6.91. The molecular formula is C34H35FN4O3. The quantitative estimate of drug-likeness (QED) is 0.351. The number of hydrogen-bond acceptors (Lipinski definition) is 6. The molecule has 3 unspecified atom stereocenters. The Balaban J connectivity index is 1.05. The van der Waals surface area contributed by atoms with E-state index < -0.39 is 0 Å². The van der Waals surface area contributed by atoms with Crippen LogP contribution in [-0.4, -0.2) is 46.5 Å². The fourth-order valence-corrected chi connectivity index (χ4v) is 6.91. The van der Waals surface area contributed by atoms with Crippen molar-refractivity contribution in [2.45, 2.75) is 69.7 Å². The van der Waals surface area contributed by atoms with Crippen molar-refractivity contribution in [3.05, 3.63) is 87.8 Å². The molecule has 2 saturated heterocycles. The van der Waals surface area contributed by atoms with E-state index in [0.717, 1.165) is 87.7 Å². The molecule has 4 heterocycles. The second-order valence-corrected chi connectivity index (χ2v) is 12.0. The molecule has 216 valence electrons. The molecule has 3 aromatic rings. The van der Waals surface area contributed by atoms with Crippen LogP contribution in [0.25, 0.3) is 6.08 Å². The van der Waals surface area contributed by atoms with E-state index in [-0.39, 0.29) is 23.9 Å². The summed E-state index contributed by atoms with van der Waals surface area (Å²) in [5.41, 5.74) is 5.38. The van der Waals surface area contributed by atoms with Gasteiger partial charge in [0.15, 0.2) is 0 Å². The second kappa shape index (κ2) is 11.5. The molecule has 1 aromatic heterocycles. The molecule has 0 radical (unpaired) electrons. The lowest BCUT2D eigenvalue weighted by Gasteiger charge is -2.35. The van der Waals surface area contributed by atoms with Crippen molar-refractivity contribution < 1.29 is 18.7 Å². The van der Waals surface area contributed by atoms with Crippen LogP contribution < -0.4 is 4.74 Å². The highest BCUT2D eigenvalue weighted by molar-refractivity contribution is 5.65. The first kappa shape index (κ1) is 27.1. The summed E-state index contributed by atoms with van der Waals surface area (Å²) in [6.07, 6.45) is 10.2. The maximum absolute atomic E-state index is 14.8. The third kappa shape index (κ3) is 5.16. The van der Waals surface area contributed by atoms with Gasteiger partial charge >= 0.3 is 0 Å². The molecule has 3 aliphatic heterocycles. The maximum atomic E-state index is 14.8. The molecule has 4 aliphatic rings. The third-order valence-corrected chi connectivity index (χ3v) is 9.40. The summed E-state index contributed by atoms with van der Waals surface area (Å²) in [6, 6.07) is 13.1. The number of allylic oxidation sites excluding steroid dienone is 1. The van der Waals surface area contributed by atoms with Crippen LogP contribution in [-0.2, 0) is 35.5 Å². The van der Waals surface area contributed by atoms with Crippen LogP contribution in [0.2, 0.25) is 0 Å². The van der Waals surface area contributed by atoms with Gasteiger partial charge in [-0.1, -0.05) is 30.3 Å². The molecule has 2 fully saturated rings. The van der Waals surface area contributed by atoms with Crippen LogP contribution >= 0.6 is 0 Å². The predicted octanol–water partition coefficient (Wildman–Crippen LogP) is 5.51. The molecule has 8 heteroatoms. The Bertz CT molecular complexity index is 1560. The first-order chi connectivity index (χ1) is 20.6. The van der Waals surface area contributed by atoms with Crippen LogP contribution in [0.4, 0.5) is 4.39 Å². The van der Waals surface area contributed by atoms with Gasteiger partial charge in [0.25, 0.3) is 0 Å². The average Bonchev–Trinajstić information content (AvgIpc) is 3.34. The van der Waals surface area contributed by atoms with Gasteiger partial charge in [0, 0.05) is 30.2 Å². The summed E-state index contributed by atoms with van der Waals surface area (Å²) in [5.74, 6) is 1.86. The van der Waals surface area contributed by atoms with E-state index in [1.165, 1.54) is 17.2 Å². The summed E-state index contributed by atoms with van der Waals surface area (Å²) in [6.45, 7) is 4.29. The smallest absolute Gasteiger partial charge is 0.131 e. The average molecular weight is 567 g/mol. The van der Waals surface area contributed by atoms with Gasteiger partial charge < -0.3 is 18.8 Å². The minimum Gasteiger partial charge on any atom is -0.485 e. The zero-order chi connectivity index (χ0) is 28.6. The largest absolute Gasteiger partial charge is 0.485 e. The summed E-state index contributed by atoms with van der Waals surface area (Å²) >= 11 is 0. The van der Waals surface area contributed by atoms with Crippen LogP contribution in [0, 0.1) is 23.1 Å². The number of nitrogens with zero attached hydrogens (tertiary/aromatic N) is 4. The topological polar surface area (TPSA) is 80.4 Å². The number of aromatic nitrogens is 2. The second-order valence-electron chi connectivity index (χ2n) is 12.0. The fraction of sp³-hybridized carbons (Fsp3) is 0.441. The molecule has 0 amide bonds. The Morgan fingerprint density at radius 2 is 1.98 bits per heavy atom. The lowest BCUT2D eigenvalue weighted by Crippen LogP contribution is -2.36. The van der Waals surface area contributed by atoms with Crippen molar-refractivity contribution in [3.8, 4) is 11.8 Å². The van der Waals surface area contributed by atoms with E-state index in [9.17, 15) is 9.18 Å². The number of likely N-dealkylation sites (tertiary alicyclic amines) is 1. The maximum Gasteiger partial charge on any atom is 0.131 e. The summed E-state index contributed by atoms with van der Waals surface area (Å²) in [5, 5.41) is 9.12. The van der Waals surface area contributed by atoms with Crippen molar-refractivity contribution in [2.24, 2.45) is 5.92 Å². The van der Waals surface area contributed by atoms with Crippen LogP contribution in [0.5, 0.6) is 5.75 Å². The Morgan fingerprint density at radius 3 is 2.71 bits per heavy atom. The predicted molar refractivity (Wildman–Crippen MR) is 155 cm³/mol. The third-order valence-electron chi connectivity index (χ3n) is 9.40. The van der Waals surface area contributed by atoms with Gasteiger partial charge in [0.2, 0.25) is 0 Å². The molecule has 3 atom stereocenters. The van der Waals surface area contributed by atoms with E-state index >= 15 is 0 Å². The van der Waals surface area contributed by atoms with Crippen molar-refractivity contribution in [3.63, 3.8) is 0 Å². The highest BCUT2D eigenvalue weighted by atomic mass is 19.1. The van der Waals surface area contributed by atoms with Crippen LogP contribution in [0.3, 0.4) is 0 Å². The molecule has 7 nitrogen and oxygen atoms in total. The molecule has 0 N–H and O–H groups in total. The van der Waals surface area contributed by atoms with Gasteiger partial charge in [-0.05, 0) is 80.4 Å². The number of aldehydes is 1. The number of ether oxygens (including phenoxy) is 2. The van der Waals surface area contributed by atoms with Gasteiger partial charge in [0.1, 0.15) is 29.8 Å². The SMILES string of the molecule is N#Cc1ccc(C2CCc3cccc(C4CCN(Cc5nc6c(n5CC5CCO5)CC(C=O)C=C6)CC4)c3O2)c(F)c1. The first-order valence-corrected chi connectivity index (χ1v) is 15.1. The number of benzene rings is 2. The van der Waals surface area contributed by atoms with Crippen molar-refractivity contribution in [1.82, 2.24) is 14.5 Å². The van der Waals surface area contributed by atoms with E-state index in [1.807, 2.05) is 18.2 Å². The number of carbonyl (C=O) groups is 1. The van der Waals surface area contributed by atoms with E-state index in [2.05, 4.69) is 27.7 Å². The number of nitriles is 1. The standard InChI is InChI=1S/C34H35FN4O3/c35-29-16-22(18-36)4-7-28(29)32-9-6-25-2-1-3-27(34(25)42-32)24-10-13-38(14-11-24)20-33-37-30-8-5-23(21-40)17-31(30)39(33)19-26-12-15-41-26/h1-5,7-8,16,21,23-24,26,32H,6,9-15,17,19-20H2. The van der Waals surface area contributed by atoms with Crippen molar-refractivity contribution in [1.29, 1.82) is 5.26 Å². The Hall–Kier alpha value is -3.80. The molecule has 2 aromatic carbocycles. The van der Waals surface area contributed by atoms with E-state index in [4.69, 9.17) is 19.7 Å². The molecule has 1 aliphatic carbocycles. The zero-order valence-electron chi connectivity index (χ0n) is 23.7. The molecular weight excluding hydrogens is 531 g/mol. The van der Waals surface area contributed by atoms with Gasteiger partial charge in [-0.3, -0.25) is 4.90 Å². The van der Waals surface area contributed by atoms with Gasteiger partial charge in [-0.25, -0.2) is 9.37 Å². The first-order valence-electron chi connectivity index (χ1n) is 15.1. The molecule has 0 spiro atoms. The Morgan fingerprint density at radius 1 is 1.12 bits per heavy atom. The number of hydrogen-bond donors (Lipinski definition) is 0. The lowest BCUT2D eigenvalue weighted by atomic mass is 9.85. The van der Waals surface area contributed by atoms with Crippen LogP contribution in [0.1, 0.15) is 77.2 Å². The molecule has 7 rings (SSSR count). The Kier molecular flexibility index (Phi) is 7.39. The van der Waals surface area contributed by atoms with E-state index in [1.54, 1.807) is 12.1 Å². The van der Waals surface area contributed by atoms with Gasteiger partial charge in [-0.15, -0.1) is 0 Å². The van der Waals surface area contributed by atoms with Gasteiger partial charge in [-0.2, -0.15) is 5.26 Å². The number of rotatable bonds is 7. The van der Waals surface area contributed by atoms with Crippen molar-refractivity contribution in [2.75, 3.05) is 19.7 Å². The van der Waals surface area contributed by atoms with Crippen molar-refractivity contribution >= 4 is 12.4 Å². The zero-order valence-corrected chi connectivity index (χ0v) is 23.7. The monoisotopic (exact) mass is 566 g/mol. The number of aryl methyl sites for hydroxylation is 1. The minimum atomic E-state index is -0.380. The minimum absolute atomic E-state index is 0.0918. The van der Waals surface area contributed by atoms with Crippen LogP contribution in [0.15, 0.2) is 42.5 Å². The summed E-state index contributed by atoms with van der Waals surface area (Å²) < 4.78 is 29.4. The van der Waals surface area contributed by atoms with E-state index in [0.29, 0.717) is 29.9 Å². The summed E-state index contributed by atoms with van der Waals surface area (Å²) in [4.78, 5) is 19.0. The molecule has 0 saturated carbocycles. The van der Waals surface area contributed by atoms with Gasteiger partial charge in [0.05, 0.1) is 36.5 Å². The number of fused-ring (bicyclic) bond motifs is 2. The number of carbonyl (C=O) groups excluding carboxylic acids is 1. The summed E-state index contributed by atoms with van der Waals surface area (Å²) in [7, 11) is 0. The highest BCUT2D eigenvalue weighted by Crippen LogP contribution is 2.43. The normalized spacial score (nSPS) is 23.8.